The molecule has 6 nitrogen and oxygen atoms in total. The number of aromatic carboxylic acids is 1. The SMILES string of the molecule is CCC1(C(=O)NCCc2nc(C(=O)O)cs2)CCCN1. The van der Waals surface area contributed by atoms with Crippen LogP contribution in [-0.2, 0) is 11.2 Å². The Morgan fingerprint density at radius 3 is 2.95 bits per heavy atom. The number of amides is 1. The van der Waals surface area contributed by atoms with Crippen LogP contribution in [-0.4, -0.2) is 40.6 Å². The number of carboxylic acid groups (broad SMARTS) is 1. The average molecular weight is 297 g/mol. The van der Waals surface area contributed by atoms with E-state index in [4.69, 9.17) is 5.11 Å². The number of thiazole rings is 1. The van der Waals surface area contributed by atoms with Gasteiger partial charge in [-0.25, -0.2) is 9.78 Å². The molecule has 1 aliphatic heterocycles. The molecule has 1 amide bonds. The fourth-order valence-corrected chi connectivity index (χ4v) is 3.21. The first-order valence-electron chi connectivity index (χ1n) is 6.78. The first kappa shape index (κ1) is 14.9. The van der Waals surface area contributed by atoms with Gasteiger partial charge in [0.05, 0.1) is 10.5 Å². The zero-order valence-electron chi connectivity index (χ0n) is 11.4. The summed E-state index contributed by atoms with van der Waals surface area (Å²) < 4.78 is 0. The van der Waals surface area contributed by atoms with Gasteiger partial charge in [-0.15, -0.1) is 11.3 Å². The van der Waals surface area contributed by atoms with Crippen LogP contribution in [0.5, 0.6) is 0 Å². The second kappa shape index (κ2) is 6.32. The second-order valence-corrected chi connectivity index (χ2v) is 5.85. The largest absolute Gasteiger partial charge is 0.476 e. The van der Waals surface area contributed by atoms with Crippen molar-refractivity contribution in [2.75, 3.05) is 13.1 Å². The summed E-state index contributed by atoms with van der Waals surface area (Å²) in [6, 6.07) is 0. The Hall–Kier alpha value is -1.47. The Labute approximate surface area is 121 Å². The normalized spacial score (nSPS) is 21.9. The van der Waals surface area contributed by atoms with Crippen molar-refractivity contribution in [3.63, 3.8) is 0 Å². The summed E-state index contributed by atoms with van der Waals surface area (Å²) >= 11 is 1.31. The predicted octanol–water partition coefficient (Wildman–Crippen LogP) is 1.03. The van der Waals surface area contributed by atoms with Crippen molar-refractivity contribution < 1.29 is 14.7 Å². The molecule has 1 fully saturated rings. The monoisotopic (exact) mass is 297 g/mol. The molecule has 1 aromatic heterocycles. The van der Waals surface area contributed by atoms with Gasteiger partial charge in [0.1, 0.15) is 0 Å². The van der Waals surface area contributed by atoms with Crippen LogP contribution in [0.15, 0.2) is 5.38 Å². The average Bonchev–Trinajstić information content (AvgIpc) is 3.08. The number of carboxylic acids is 1. The molecule has 2 rings (SSSR count). The van der Waals surface area contributed by atoms with E-state index in [1.807, 2.05) is 6.92 Å². The van der Waals surface area contributed by atoms with Crippen LogP contribution in [0.25, 0.3) is 0 Å². The van der Waals surface area contributed by atoms with Crippen molar-refractivity contribution in [1.82, 2.24) is 15.6 Å². The summed E-state index contributed by atoms with van der Waals surface area (Å²) in [6.07, 6.45) is 3.23. The van der Waals surface area contributed by atoms with E-state index in [2.05, 4.69) is 15.6 Å². The van der Waals surface area contributed by atoms with Crippen molar-refractivity contribution in [2.45, 2.75) is 38.1 Å². The number of nitrogens with zero attached hydrogens (tertiary/aromatic N) is 1. The minimum absolute atomic E-state index is 0.0347. The molecular formula is C13H19N3O3S. The number of carbonyl (C=O) groups is 2. The van der Waals surface area contributed by atoms with Crippen molar-refractivity contribution in [3.8, 4) is 0 Å². The summed E-state index contributed by atoms with van der Waals surface area (Å²) in [5.41, 5.74) is -0.353. The second-order valence-electron chi connectivity index (χ2n) is 4.90. The van der Waals surface area contributed by atoms with Gasteiger partial charge in [0, 0.05) is 18.3 Å². The lowest BCUT2D eigenvalue weighted by Gasteiger charge is -2.26. The Bertz CT molecular complexity index is 495. The lowest BCUT2D eigenvalue weighted by atomic mass is 9.93. The third-order valence-electron chi connectivity index (χ3n) is 3.68. The highest BCUT2D eigenvalue weighted by molar-refractivity contribution is 7.09. The van der Waals surface area contributed by atoms with Gasteiger partial charge in [-0.05, 0) is 25.8 Å². The third-order valence-corrected chi connectivity index (χ3v) is 4.59. The molecule has 1 saturated heterocycles. The highest BCUT2D eigenvalue weighted by Crippen LogP contribution is 2.23. The van der Waals surface area contributed by atoms with Crippen LogP contribution in [0.2, 0.25) is 0 Å². The fraction of sp³-hybridized carbons (Fsp3) is 0.615. The molecule has 1 aromatic rings. The van der Waals surface area contributed by atoms with E-state index in [0.29, 0.717) is 13.0 Å². The number of hydrogen-bond donors (Lipinski definition) is 3. The number of rotatable bonds is 6. The van der Waals surface area contributed by atoms with Gasteiger partial charge >= 0.3 is 5.97 Å². The van der Waals surface area contributed by atoms with E-state index in [9.17, 15) is 9.59 Å². The van der Waals surface area contributed by atoms with Crippen molar-refractivity contribution in [3.05, 3.63) is 16.1 Å². The summed E-state index contributed by atoms with van der Waals surface area (Å²) in [6.45, 7) is 3.38. The number of nitrogens with one attached hydrogen (secondary N) is 2. The van der Waals surface area contributed by atoms with Crippen molar-refractivity contribution >= 4 is 23.2 Å². The highest BCUT2D eigenvalue weighted by atomic mass is 32.1. The predicted molar refractivity (Wildman–Crippen MR) is 76.0 cm³/mol. The zero-order chi connectivity index (χ0) is 14.6. The first-order chi connectivity index (χ1) is 9.57. The molecule has 1 atom stereocenters. The van der Waals surface area contributed by atoms with Gasteiger partial charge in [-0.2, -0.15) is 0 Å². The van der Waals surface area contributed by atoms with E-state index in [-0.39, 0.29) is 11.6 Å². The molecule has 20 heavy (non-hydrogen) atoms. The smallest absolute Gasteiger partial charge is 0.355 e. The lowest BCUT2D eigenvalue weighted by Crippen LogP contribution is -2.53. The van der Waals surface area contributed by atoms with Crippen molar-refractivity contribution in [2.24, 2.45) is 0 Å². The molecule has 0 bridgehead atoms. The first-order valence-corrected chi connectivity index (χ1v) is 7.66. The molecule has 7 heteroatoms. The van der Waals surface area contributed by atoms with E-state index in [1.165, 1.54) is 16.7 Å². The Morgan fingerprint density at radius 2 is 2.40 bits per heavy atom. The number of aromatic nitrogens is 1. The molecule has 0 saturated carbocycles. The van der Waals surface area contributed by atoms with E-state index >= 15 is 0 Å². The van der Waals surface area contributed by atoms with Crippen LogP contribution in [0.3, 0.4) is 0 Å². The summed E-state index contributed by atoms with van der Waals surface area (Å²) in [5, 5.41) is 17.2. The molecule has 0 radical (unpaired) electrons. The minimum atomic E-state index is -1.02. The molecule has 1 unspecified atom stereocenters. The van der Waals surface area contributed by atoms with Crippen LogP contribution in [0, 0.1) is 0 Å². The van der Waals surface area contributed by atoms with E-state index in [1.54, 1.807) is 0 Å². The van der Waals surface area contributed by atoms with Crippen LogP contribution in [0.1, 0.15) is 41.7 Å². The topological polar surface area (TPSA) is 91.3 Å². The Balaban J connectivity index is 1.83. The van der Waals surface area contributed by atoms with Gasteiger partial charge < -0.3 is 15.7 Å². The molecular weight excluding hydrogens is 278 g/mol. The van der Waals surface area contributed by atoms with Gasteiger partial charge in [0.15, 0.2) is 5.69 Å². The standard InChI is InChI=1S/C13H19N3O3S/c1-2-13(5-3-6-15-13)12(19)14-7-4-10-16-9(8-20-10)11(17)18/h8,15H,2-7H2,1H3,(H,14,19)(H,17,18). The van der Waals surface area contributed by atoms with Crippen LogP contribution in [0.4, 0.5) is 0 Å². The third kappa shape index (κ3) is 3.16. The quantitative estimate of drug-likeness (QED) is 0.729. The van der Waals surface area contributed by atoms with Gasteiger partial charge in [0.25, 0.3) is 0 Å². The molecule has 1 aliphatic rings. The molecule has 0 spiro atoms. The highest BCUT2D eigenvalue weighted by Gasteiger charge is 2.38. The Kier molecular flexibility index (Phi) is 4.72. The maximum absolute atomic E-state index is 12.2. The number of carbonyl (C=O) groups excluding carboxylic acids is 1. The van der Waals surface area contributed by atoms with E-state index in [0.717, 1.165) is 30.8 Å². The number of hydrogen-bond acceptors (Lipinski definition) is 5. The maximum atomic E-state index is 12.2. The van der Waals surface area contributed by atoms with Crippen molar-refractivity contribution in [1.29, 1.82) is 0 Å². The van der Waals surface area contributed by atoms with Gasteiger partial charge in [-0.1, -0.05) is 6.92 Å². The summed E-state index contributed by atoms with van der Waals surface area (Å²) in [7, 11) is 0. The minimum Gasteiger partial charge on any atom is -0.476 e. The molecule has 0 aromatic carbocycles. The fourth-order valence-electron chi connectivity index (χ4n) is 2.44. The summed E-state index contributed by atoms with van der Waals surface area (Å²) in [4.78, 5) is 26.9. The van der Waals surface area contributed by atoms with Crippen LogP contribution < -0.4 is 10.6 Å². The van der Waals surface area contributed by atoms with Crippen LogP contribution >= 0.6 is 11.3 Å². The van der Waals surface area contributed by atoms with Gasteiger partial charge in [-0.3, -0.25) is 4.79 Å². The molecule has 3 N–H and O–H groups in total. The molecule has 0 aliphatic carbocycles. The van der Waals surface area contributed by atoms with E-state index < -0.39 is 11.5 Å². The maximum Gasteiger partial charge on any atom is 0.355 e. The zero-order valence-corrected chi connectivity index (χ0v) is 12.3. The lowest BCUT2D eigenvalue weighted by molar-refractivity contribution is -0.127. The molecule has 110 valence electrons. The van der Waals surface area contributed by atoms with Gasteiger partial charge in [0.2, 0.25) is 5.91 Å². The Morgan fingerprint density at radius 1 is 1.60 bits per heavy atom. The molecule has 2 heterocycles. The summed E-state index contributed by atoms with van der Waals surface area (Å²) in [5.74, 6) is -0.982.